The average molecular weight is 289 g/mol. The molecule has 0 bridgehead atoms. The number of halogens is 2. The first-order chi connectivity index (χ1) is 8.58. The van der Waals surface area contributed by atoms with Crippen LogP contribution in [0.3, 0.4) is 0 Å². The van der Waals surface area contributed by atoms with Crippen LogP contribution >= 0.6 is 23.2 Å². The molecule has 18 heavy (non-hydrogen) atoms. The summed E-state index contributed by atoms with van der Waals surface area (Å²) in [5.41, 5.74) is 5.95. The van der Waals surface area contributed by atoms with Gasteiger partial charge in [0.15, 0.2) is 0 Å². The summed E-state index contributed by atoms with van der Waals surface area (Å²) < 4.78 is 5.21. The van der Waals surface area contributed by atoms with Crippen LogP contribution in [-0.4, -0.2) is 18.7 Å². The van der Waals surface area contributed by atoms with E-state index in [1.807, 2.05) is 0 Å². The Hall–Kier alpha value is -0.970. The average Bonchev–Trinajstić information content (AvgIpc) is 2.28. The van der Waals surface area contributed by atoms with Crippen LogP contribution in [0.2, 0.25) is 10.0 Å². The number of carbonyl (C=O) groups excluding carboxylic acids is 1. The van der Waals surface area contributed by atoms with Crippen molar-refractivity contribution < 1.29 is 9.53 Å². The molecular formula is C12H14Cl2N2O2. The number of hydrogen-bond acceptors (Lipinski definition) is 3. The molecule has 4 nitrogen and oxygen atoms in total. The summed E-state index contributed by atoms with van der Waals surface area (Å²) in [7, 11) is 0. The van der Waals surface area contributed by atoms with Gasteiger partial charge in [-0.25, -0.2) is 4.79 Å². The fourth-order valence-electron chi connectivity index (χ4n) is 1.85. The minimum Gasteiger partial charge on any atom is -0.446 e. The smallest absolute Gasteiger partial charge is 0.411 e. The molecule has 1 aliphatic rings. The third kappa shape index (κ3) is 3.28. The van der Waals surface area contributed by atoms with E-state index in [2.05, 4.69) is 5.32 Å². The molecule has 0 heterocycles. The van der Waals surface area contributed by atoms with Gasteiger partial charge in [0, 0.05) is 5.02 Å². The zero-order valence-corrected chi connectivity index (χ0v) is 11.2. The third-order valence-electron chi connectivity index (χ3n) is 2.96. The van der Waals surface area contributed by atoms with E-state index in [9.17, 15) is 4.79 Å². The molecule has 0 saturated heterocycles. The second-order valence-electron chi connectivity index (χ2n) is 4.35. The minimum atomic E-state index is -0.514. The maximum absolute atomic E-state index is 11.6. The predicted octanol–water partition coefficient (Wildman–Crippen LogP) is 3.28. The number of benzene rings is 1. The van der Waals surface area contributed by atoms with Crippen LogP contribution in [0.5, 0.6) is 0 Å². The number of nitrogens with one attached hydrogen (secondary N) is 1. The van der Waals surface area contributed by atoms with Crippen molar-refractivity contribution in [1.82, 2.24) is 0 Å². The molecular weight excluding hydrogens is 275 g/mol. The van der Waals surface area contributed by atoms with Gasteiger partial charge in [-0.15, -0.1) is 0 Å². The van der Waals surface area contributed by atoms with E-state index in [0.29, 0.717) is 28.2 Å². The Morgan fingerprint density at radius 3 is 2.83 bits per heavy atom. The predicted molar refractivity (Wildman–Crippen MR) is 72.1 cm³/mol. The van der Waals surface area contributed by atoms with E-state index in [4.69, 9.17) is 33.7 Å². The molecule has 0 atom stereocenters. The van der Waals surface area contributed by atoms with E-state index >= 15 is 0 Å². The Kier molecular flexibility index (Phi) is 4.32. The topological polar surface area (TPSA) is 64.3 Å². The van der Waals surface area contributed by atoms with Gasteiger partial charge in [-0.05, 0) is 43.5 Å². The van der Waals surface area contributed by atoms with Gasteiger partial charge in [0.05, 0.1) is 10.7 Å². The molecule has 1 aromatic carbocycles. The van der Waals surface area contributed by atoms with Crippen LogP contribution in [0.1, 0.15) is 12.8 Å². The zero-order valence-electron chi connectivity index (χ0n) is 9.66. The van der Waals surface area contributed by atoms with E-state index in [1.54, 1.807) is 18.2 Å². The fourth-order valence-corrected chi connectivity index (χ4v) is 2.18. The van der Waals surface area contributed by atoms with Crippen LogP contribution in [0, 0.1) is 5.92 Å². The summed E-state index contributed by atoms with van der Waals surface area (Å²) in [6, 6.07) is 4.85. The second kappa shape index (κ2) is 5.78. The Bertz CT molecular complexity index is 448. The first-order valence-electron chi connectivity index (χ1n) is 5.71. The number of rotatable bonds is 3. The van der Waals surface area contributed by atoms with Crippen molar-refractivity contribution in [2.45, 2.75) is 18.9 Å². The molecule has 1 aromatic rings. The zero-order chi connectivity index (χ0) is 13.1. The van der Waals surface area contributed by atoms with Crippen LogP contribution in [-0.2, 0) is 4.74 Å². The SMILES string of the molecule is NCC1CC(OC(=O)Nc2cc(Cl)ccc2Cl)C1. The molecule has 0 unspecified atom stereocenters. The Morgan fingerprint density at radius 2 is 2.17 bits per heavy atom. The molecule has 0 radical (unpaired) electrons. The van der Waals surface area contributed by atoms with Gasteiger partial charge in [-0.1, -0.05) is 23.2 Å². The number of carbonyl (C=O) groups is 1. The number of amides is 1. The van der Waals surface area contributed by atoms with Crippen molar-refractivity contribution in [3.63, 3.8) is 0 Å². The summed E-state index contributed by atoms with van der Waals surface area (Å²) in [4.78, 5) is 11.6. The van der Waals surface area contributed by atoms with E-state index in [1.165, 1.54) is 0 Å². The lowest BCUT2D eigenvalue weighted by molar-refractivity contribution is 0.0278. The Labute approximate surface area is 115 Å². The lowest BCUT2D eigenvalue weighted by Crippen LogP contribution is -2.38. The number of nitrogens with two attached hydrogens (primary N) is 1. The molecule has 1 aliphatic carbocycles. The van der Waals surface area contributed by atoms with Gasteiger partial charge >= 0.3 is 6.09 Å². The second-order valence-corrected chi connectivity index (χ2v) is 5.19. The molecule has 0 aliphatic heterocycles. The summed E-state index contributed by atoms with van der Waals surface area (Å²) in [5.74, 6) is 0.470. The van der Waals surface area contributed by atoms with Gasteiger partial charge in [0.25, 0.3) is 0 Å². The molecule has 1 fully saturated rings. The normalized spacial score (nSPS) is 22.2. The summed E-state index contributed by atoms with van der Waals surface area (Å²) in [5, 5.41) is 3.50. The van der Waals surface area contributed by atoms with Gasteiger partial charge in [-0.3, -0.25) is 5.32 Å². The van der Waals surface area contributed by atoms with Crippen LogP contribution in [0.25, 0.3) is 0 Å². The van der Waals surface area contributed by atoms with Crippen LogP contribution < -0.4 is 11.1 Å². The lowest BCUT2D eigenvalue weighted by atomic mass is 9.82. The maximum atomic E-state index is 11.6. The summed E-state index contributed by atoms with van der Waals surface area (Å²) in [6.45, 7) is 0.640. The highest BCUT2D eigenvalue weighted by Crippen LogP contribution is 2.30. The number of anilines is 1. The van der Waals surface area contributed by atoms with Crippen LogP contribution in [0.4, 0.5) is 10.5 Å². The van der Waals surface area contributed by atoms with E-state index in [0.717, 1.165) is 12.8 Å². The Morgan fingerprint density at radius 1 is 1.44 bits per heavy atom. The van der Waals surface area contributed by atoms with E-state index < -0.39 is 6.09 Å². The van der Waals surface area contributed by atoms with Gasteiger partial charge < -0.3 is 10.5 Å². The molecule has 1 amide bonds. The molecule has 6 heteroatoms. The third-order valence-corrected chi connectivity index (χ3v) is 3.53. The summed E-state index contributed by atoms with van der Waals surface area (Å²) in [6.07, 6.45) is 1.09. The number of hydrogen-bond donors (Lipinski definition) is 2. The molecule has 2 rings (SSSR count). The van der Waals surface area contributed by atoms with E-state index in [-0.39, 0.29) is 6.10 Å². The first kappa shape index (κ1) is 13.5. The standard InChI is InChI=1S/C12H14Cl2N2O2/c13-8-1-2-10(14)11(5-8)16-12(17)18-9-3-7(4-9)6-15/h1-2,5,7,9H,3-4,6,15H2,(H,16,17). The van der Waals surface area contributed by atoms with Crippen molar-refractivity contribution >= 4 is 35.0 Å². The van der Waals surface area contributed by atoms with Gasteiger partial charge in [0.1, 0.15) is 6.10 Å². The molecule has 98 valence electrons. The highest BCUT2D eigenvalue weighted by atomic mass is 35.5. The molecule has 0 aromatic heterocycles. The first-order valence-corrected chi connectivity index (χ1v) is 6.47. The van der Waals surface area contributed by atoms with Gasteiger partial charge in [0.2, 0.25) is 0 Å². The monoisotopic (exact) mass is 288 g/mol. The minimum absolute atomic E-state index is 0.0449. The Balaban J connectivity index is 1.86. The lowest BCUT2D eigenvalue weighted by Gasteiger charge is -2.33. The highest BCUT2D eigenvalue weighted by molar-refractivity contribution is 6.35. The van der Waals surface area contributed by atoms with Crippen molar-refractivity contribution in [2.24, 2.45) is 11.7 Å². The number of ether oxygens (including phenoxy) is 1. The fraction of sp³-hybridized carbons (Fsp3) is 0.417. The van der Waals surface area contributed by atoms with Gasteiger partial charge in [-0.2, -0.15) is 0 Å². The molecule has 3 N–H and O–H groups in total. The van der Waals surface area contributed by atoms with Crippen LogP contribution in [0.15, 0.2) is 18.2 Å². The van der Waals surface area contributed by atoms with Crippen molar-refractivity contribution in [1.29, 1.82) is 0 Å². The van der Waals surface area contributed by atoms with Crippen molar-refractivity contribution in [3.8, 4) is 0 Å². The quantitative estimate of drug-likeness (QED) is 0.897. The molecule has 0 spiro atoms. The largest absolute Gasteiger partial charge is 0.446 e. The maximum Gasteiger partial charge on any atom is 0.411 e. The highest BCUT2D eigenvalue weighted by Gasteiger charge is 2.31. The molecule has 1 saturated carbocycles. The summed E-state index contributed by atoms with van der Waals surface area (Å²) >= 11 is 11.7. The van der Waals surface area contributed by atoms with Crippen molar-refractivity contribution in [3.05, 3.63) is 28.2 Å². The van der Waals surface area contributed by atoms with Crippen molar-refractivity contribution in [2.75, 3.05) is 11.9 Å².